The molecule has 0 aliphatic rings. The Balaban J connectivity index is 0.000000491. The summed E-state index contributed by atoms with van der Waals surface area (Å²) in [5, 5.41) is 10.4. The number of aromatic amines is 2. The highest BCUT2D eigenvalue weighted by molar-refractivity contribution is 7.92. The maximum Gasteiger partial charge on any atom is 0.272 e. The fourth-order valence-corrected chi connectivity index (χ4v) is 3.84. The second kappa shape index (κ2) is 8.56. The first-order valence-corrected chi connectivity index (χ1v) is 10.4. The second-order valence-corrected chi connectivity index (χ2v) is 8.07. The van der Waals surface area contributed by atoms with Gasteiger partial charge < -0.3 is 19.9 Å². The normalized spacial score (nSPS) is 11.2. The number of aliphatic carboxylic acids is 1. The summed E-state index contributed by atoms with van der Waals surface area (Å²) in [4.78, 5) is 26.6. The highest BCUT2D eigenvalue weighted by atomic mass is 32.2. The number of carboxylic acid groups (broad SMARTS) is 1. The van der Waals surface area contributed by atoms with Crippen molar-refractivity contribution in [2.45, 2.75) is 18.2 Å². The van der Waals surface area contributed by atoms with Crippen molar-refractivity contribution in [1.82, 2.24) is 9.97 Å². The summed E-state index contributed by atoms with van der Waals surface area (Å²) in [6.45, 7) is 1.54. The number of sulfonamides is 1. The van der Waals surface area contributed by atoms with Crippen LogP contribution in [0.2, 0.25) is 0 Å². The lowest BCUT2D eigenvalue weighted by molar-refractivity contribution is -0.305. The van der Waals surface area contributed by atoms with Crippen molar-refractivity contribution in [1.29, 1.82) is 0 Å². The molecule has 2 aromatic carbocycles. The van der Waals surface area contributed by atoms with Crippen molar-refractivity contribution in [3.05, 3.63) is 70.6 Å². The molecule has 0 aliphatic carbocycles. The van der Waals surface area contributed by atoms with Crippen LogP contribution in [0.3, 0.4) is 0 Å². The van der Waals surface area contributed by atoms with Crippen LogP contribution in [-0.2, 0) is 14.8 Å². The Morgan fingerprint density at radius 1 is 1.06 bits per heavy atom. The predicted octanol–water partition coefficient (Wildman–Crippen LogP) is 2.23. The van der Waals surface area contributed by atoms with Crippen LogP contribution in [0, 0.1) is 11.6 Å². The number of hydrogen-bond acceptors (Lipinski definition) is 5. The maximum atomic E-state index is 13.3. The number of halogens is 2. The Bertz CT molecular complexity index is 1440. The van der Waals surface area contributed by atoms with Crippen LogP contribution in [0.4, 0.5) is 14.5 Å². The highest BCUT2D eigenvalue weighted by Gasteiger charge is 2.17. The molecular weight excluding hydrogens is 432 g/mol. The number of carbonyl (C=O) groups is 1. The minimum Gasteiger partial charge on any atom is -0.550 e. The Morgan fingerprint density at radius 3 is 2.42 bits per heavy atom. The van der Waals surface area contributed by atoms with Gasteiger partial charge in [-0.2, -0.15) is 0 Å². The van der Waals surface area contributed by atoms with Gasteiger partial charge in [0.25, 0.3) is 15.6 Å². The molecule has 0 unspecified atom stereocenters. The SMILES string of the molecule is CCC(=O)[O-].O=c1[nH]c2ccc(S(=O)(=O)Nc3ccc(F)c(F)c3)cc2c2cc[nH]c12. The summed E-state index contributed by atoms with van der Waals surface area (Å²) >= 11 is 0. The molecule has 0 saturated carbocycles. The average Bonchev–Trinajstić information content (AvgIpc) is 3.22. The number of pyridine rings is 1. The van der Waals surface area contributed by atoms with Crippen LogP contribution < -0.4 is 15.4 Å². The second-order valence-electron chi connectivity index (χ2n) is 6.39. The molecule has 0 fully saturated rings. The Morgan fingerprint density at radius 2 is 1.77 bits per heavy atom. The van der Waals surface area contributed by atoms with E-state index in [2.05, 4.69) is 14.7 Å². The number of carboxylic acids is 1. The fraction of sp³-hybridized carbons (Fsp3) is 0.100. The first-order chi connectivity index (χ1) is 14.6. The summed E-state index contributed by atoms with van der Waals surface area (Å²) in [7, 11) is -4.04. The minimum atomic E-state index is -4.04. The molecular formula is C20H16F2N3O5S-. The number of hydrogen-bond donors (Lipinski definition) is 3. The quantitative estimate of drug-likeness (QED) is 0.440. The van der Waals surface area contributed by atoms with E-state index in [1.54, 1.807) is 12.3 Å². The summed E-state index contributed by atoms with van der Waals surface area (Å²) in [6.07, 6.45) is 1.69. The number of anilines is 1. The Kier molecular flexibility index (Phi) is 6.07. The molecule has 4 rings (SSSR count). The summed E-state index contributed by atoms with van der Waals surface area (Å²) in [5.74, 6) is -3.22. The molecule has 2 aromatic heterocycles. The van der Waals surface area contributed by atoms with Gasteiger partial charge >= 0.3 is 0 Å². The lowest BCUT2D eigenvalue weighted by Crippen LogP contribution is -2.19. The van der Waals surface area contributed by atoms with Gasteiger partial charge in [0.1, 0.15) is 5.52 Å². The molecule has 31 heavy (non-hydrogen) atoms. The van der Waals surface area contributed by atoms with Crippen LogP contribution in [0.25, 0.3) is 21.8 Å². The van der Waals surface area contributed by atoms with E-state index in [4.69, 9.17) is 0 Å². The van der Waals surface area contributed by atoms with Crippen molar-refractivity contribution in [2.24, 2.45) is 0 Å². The largest absolute Gasteiger partial charge is 0.550 e. The summed E-state index contributed by atoms with van der Waals surface area (Å²) < 4.78 is 53.6. The zero-order valence-electron chi connectivity index (χ0n) is 16.0. The molecule has 0 radical (unpaired) electrons. The monoisotopic (exact) mass is 448 g/mol. The van der Waals surface area contributed by atoms with Gasteiger partial charge in [0.2, 0.25) is 0 Å². The number of rotatable bonds is 4. The van der Waals surface area contributed by atoms with Gasteiger partial charge in [-0.3, -0.25) is 9.52 Å². The molecule has 162 valence electrons. The predicted molar refractivity (Wildman–Crippen MR) is 109 cm³/mol. The molecule has 2 heterocycles. The standard InChI is InChI=1S/C17H11F2N3O3S.C3H6O2/c18-13-3-1-9(7-14(13)19)22-26(24,25)10-2-4-15-12(8-10)11-5-6-20-16(11)17(23)21-15;1-2-3(4)5/h1-8,20,22H,(H,21,23);2H2,1H3,(H,4,5)/p-1. The third-order valence-corrected chi connectivity index (χ3v) is 5.65. The van der Waals surface area contributed by atoms with Gasteiger partial charge in [-0.15, -0.1) is 0 Å². The van der Waals surface area contributed by atoms with E-state index in [0.29, 0.717) is 21.8 Å². The van der Waals surface area contributed by atoms with Crippen LogP contribution in [0.15, 0.2) is 58.4 Å². The maximum absolute atomic E-state index is 13.3. The van der Waals surface area contributed by atoms with Crippen molar-refractivity contribution in [3.8, 4) is 0 Å². The van der Waals surface area contributed by atoms with E-state index in [0.717, 1.165) is 18.2 Å². The van der Waals surface area contributed by atoms with E-state index in [1.165, 1.54) is 25.1 Å². The highest BCUT2D eigenvalue weighted by Crippen LogP contribution is 2.25. The lowest BCUT2D eigenvalue weighted by atomic mass is 10.1. The smallest absolute Gasteiger partial charge is 0.272 e. The third-order valence-electron chi connectivity index (χ3n) is 4.27. The fourth-order valence-electron chi connectivity index (χ4n) is 2.76. The van der Waals surface area contributed by atoms with Gasteiger partial charge in [-0.05, 0) is 42.8 Å². The molecule has 0 bridgehead atoms. The first kappa shape index (κ1) is 22.0. The molecule has 8 nitrogen and oxygen atoms in total. The van der Waals surface area contributed by atoms with E-state index in [1.807, 2.05) is 0 Å². The van der Waals surface area contributed by atoms with Crippen molar-refractivity contribution in [3.63, 3.8) is 0 Å². The Hall–Kier alpha value is -3.73. The van der Waals surface area contributed by atoms with Crippen molar-refractivity contribution >= 4 is 43.5 Å². The zero-order valence-corrected chi connectivity index (χ0v) is 16.8. The third kappa shape index (κ3) is 4.72. The van der Waals surface area contributed by atoms with Gasteiger partial charge in [-0.1, -0.05) is 6.92 Å². The number of fused-ring (bicyclic) bond motifs is 3. The van der Waals surface area contributed by atoms with Crippen molar-refractivity contribution in [2.75, 3.05) is 4.72 Å². The van der Waals surface area contributed by atoms with E-state index in [-0.39, 0.29) is 22.6 Å². The van der Waals surface area contributed by atoms with Gasteiger partial charge in [0.15, 0.2) is 11.6 Å². The van der Waals surface area contributed by atoms with E-state index in [9.17, 15) is 31.9 Å². The van der Waals surface area contributed by atoms with E-state index < -0.39 is 27.6 Å². The molecule has 0 atom stereocenters. The van der Waals surface area contributed by atoms with Crippen LogP contribution in [0.1, 0.15) is 13.3 Å². The van der Waals surface area contributed by atoms with Crippen LogP contribution in [-0.4, -0.2) is 24.4 Å². The zero-order chi connectivity index (χ0) is 22.8. The summed E-state index contributed by atoms with van der Waals surface area (Å²) in [5.41, 5.74) is 0.403. The van der Waals surface area contributed by atoms with Gasteiger partial charge in [-0.25, -0.2) is 17.2 Å². The molecule has 11 heteroatoms. The summed E-state index contributed by atoms with van der Waals surface area (Å²) in [6, 6.07) is 8.59. The number of benzene rings is 2. The lowest BCUT2D eigenvalue weighted by Gasteiger charge is -2.09. The topological polar surface area (TPSA) is 135 Å². The Labute approximate surface area is 174 Å². The van der Waals surface area contributed by atoms with Crippen molar-refractivity contribution < 1.29 is 27.1 Å². The molecule has 4 aromatic rings. The van der Waals surface area contributed by atoms with Crippen LogP contribution >= 0.6 is 0 Å². The number of carbonyl (C=O) groups excluding carboxylic acids is 1. The van der Waals surface area contributed by atoms with E-state index >= 15 is 0 Å². The molecule has 3 N–H and O–H groups in total. The number of H-pyrrole nitrogens is 2. The average molecular weight is 448 g/mol. The molecule has 0 saturated heterocycles. The van der Waals surface area contributed by atoms with Gasteiger partial charge in [0.05, 0.1) is 10.6 Å². The minimum absolute atomic E-state index is 0.0794. The first-order valence-electron chi connectivity index (χ1n) is 8.93. The number of aromatic nitrogens is 2. The number of nitrogens with one attached hydrogen (secondary N) is 3. The van der Waals surface area contributed by atoms with Crippen LogP contribution in [0.5, 0.6) is 0 Å². The molecule has 0 spiro atoms. The molecule has 0 amide bonds. The molecule has 0 aliphatic heterocycles. The van der Waals surface area contributed by atoms with Gasteiger partial charge in [0, 0.05) is 34.5 Å².